The Morgan fingerprint density at radius 3 is 2.71 bits per heavy atom. The topological polar surface area (TPSA) is 40.5 Å². The molecule has 3 nitrogen and oxygen atoms in total. The number of carbonyl (C=O) groups is 1. The molecular weight excluding hydrogens is 336 g/mol. The van der Waals surface area contributed by atoms with Crippen LogP contribution in [0, 0.1) is 5.82 Å². The fraction of sp³-hybridized carbons (Fsp3) is 0.417. The summed E-state index contributed by atoms with van der Waals surface area (Å²) < 4.78 is 12.0. The van der Waals surface area contributed by atoms with Crippen LogP contribution in [0.2, 0.25) is 0 Å². The highest BCUT2D eigenvalue weighted by atomic mass is 127. The van der Waals surface area contributed by atoms with Crippen molar-refractivity contribution in [2.24, 2.45) is 0 Å². The summed E-state index contributed by atoms with van der Waals surface area (Å²) in [7, 11) is 0. The Hall–Kier alpha value is -0.690. The van der Waals surface area contributed by atoms with Gasteiger partial charge in [-0.15, -0.1) is 0 Å². The first-order valence-electron chi connectivity index (χ1n) is 5.44. The standard InChI is InChI=1S/C12H13FINO2/c13-10-4-2-9(3-5-10)8-15-7-1-6-12(15,14)11(16)17/h2-5H,1,6-8H2,(H,16,17). The molecule has 17 heavy (non-hydrogen) atoms. The number of aliphatic carboxylic acids is 1. The Kier molecular flexibility index (Phi) is 3.67. The normalized spacial score (nSPS) is 25.1. The van der Waals surface area contributed by atoms with Gasteiger partial charge in [0.15, 0.2) is 3.55 Å². The second-order valence-electron chi connectivity index (χ2n) is 4.22. The Balaban J connectivity index is 2.13. The van der Waals surface area contributed by atoms with E-state index in [1.54, 1.807) is 12.1 Å². The van der Waals surface area contributed by atoms with Crippen LogP contribution in [-0.2, 0) is 11.3 Å². The van der Waals surface area contributed by atoms with E-state index in [0.29, 0.717) is 13.0 Å². The molecule has 92 valence electrons. The van der Waals surface area contributed by atoms with E-state index in [9.17, 15) is 14.3 Å². The number of benzene rings is 1. The Bertz CT molecular complexity index is 423. The molecule has 1 fully saturated rings. The molecule has 0 radical (unpaired) electrons. The Morgan fingerprint density at radius 1 is 1.47 bits per heavy atom. The van der Waals surface area contributed by atoms with Crippen molar-refractivity contribution in [3.63, 3.8) is 0 Å². The second-order valence-corrected chi connectivity index (χ2v) is 6.00. The molecule has 1 aliphatic rings. The van der Waals surface area contributed by atoms with Gasteiger partial charge in [0.1, 0.15) is 5.82 Å². The van der Waals surface area contributed by atoms with Gasteiger partial charge in [-0.2, -0.15) is 0 Å². The third-order valence-corrected chi connectivity index (χ3v) is 4.73. The second kappa shape index (κ2) is 4.89. The molecule has 0 amide bonds. The predicted molar refractivity (Wildman–Crippen MR) is 70.4 cm³/mol. The molecule has 0 aliphatic carbocycles. The Labute approximate surface area is 113 Å². The molecule has 1 unspecified atom stereocenters. The highest BCUT2D eigenvalue weighted by Crippen LogP contribution is 2.37. The third-order valence-electron chi connectivity index (χ3n) is 3.05. The van der Waals surface area contributed by atoms with E-state index in [-0.39, 0.29) is 5.82 Å². The van der Waals surface area contributed by atoms with Gasteiger partial charge in [0, 0.05) is 13.1 Å². The van der Waals surface area contributed by atoms with Crippen LogP contribution in [0.4, 0.5) is 4.39 Å². The molecule has 0 saturated carbocycles. The number of halogens is 2. The van der Waals surface area contributed by atoms with Crippen molar-refractivity contribution >= 4 is 28.6 Å². The van der Waals surface area contributed by atoms with E-state index in [1.807, 2.05) is 27.5 Å². The van der Waals surface area contributed by atoms with E-state index >= 15 is 0 Å². The van der Waals surface area contributed by atoms with E-state index in [0.717, 1.165) is 18.5 Å². The van der Waals surface area contributed by atoms with E-state index in [1.165, 1.54) is 12.1 Å². The predicted octanol–water partition coefficient (Wildman–Crippen LogP) is 2.64. The van der Waals surface area contributed by atoms with Crippen molar-refractivity contribution in [3.8, 4) is 0 Å². The molecular formula is C12H13FINO2. The molecule has 0 bridgehead atoms. The largest absolute Gasteiger partial charge is 0.479 e. The molecule has 1 N–H and O–H groups in total. The van der Waals surface area contributed by atoms with Crippen LogP contribution in [-0.4, -0.2) is 26.1 Å². The van der Waals surface area contributed by atoms with Gasteiger partial charge < -0.3 is 5.11 Å². The summed E-state index contributed by atoms with van der Waals surface area (Å²) in [6.45, 7) is 1.32. The van der Waals surface area contributed by atoms with E-state index in [2.05, 4.69) is 0 Å². The smallest absolute Gasteiger partial charge is 0.334 e. The lowest BCUT2D eigenvalue weighted by Gasteiger charge is -2.29. The van der Waals surface area contributed by atoms with Crippen molar-refractivity contribution in [1.29, 1.82) is 0 Å². The molecule has 1 aromatic carbocycles. The van der Waals surface area contributed by atoms with Gasteiger partial charge in [0.25, 0.3) is 0 Å². The van der Waals surface area contributed by atoms with Crippen LogP contribution in [0.5, 0.6) is 0 Å². The van der Waals surface area contributed by atoms with Crippen LogP contribution in [0.3, 0.4) is 0 Å². The number of carboxylic acid groups (broad SMARTS) is 1. The zero-order chi connectivity index (χ0) is 12.5. The Morgan fingerprint density at radius 2 is 2.12 bits per heavy atom. The first-order valence-corrected chi connectivity index (χ1v) is 6.52. The summed E-state index contributed by atoms with van der Waals surface area (Å²) in [5, 5.41) is 9.26. The quantitative estimate of drug-likeness (QED) is 0.518. The molecule has 1 atom stereocenters. The number of alkyl halides is 1. The van der Waals surface area contributed by atoms with Gasteiger partial charge in [-0.25, -0.2) is 9.18 Å². The van der Waals surface area contributed by atoms with Crippen LogP contribution in [0.25, 0.3) is 0 Å². The zero-order valence-corrected chi connectivity index (χ0v) is 11.4. The van der Waals surface area contributed by atoms with Crippen molar-refractivity contribution in [2.45, 2.75) is 22.9 Å². The number of likely N-dealkylation sites (tertiary alicyclic amines) is 1. The molecule has 2 rings (SSSR count). The van der Waals surface area contributed by atoms with E-state index in [4.69, 9.17) is 0 Å². The van der Waals surface area contributed by atoms with E-state index < -0.39 is 9.51 Å². The maximum atomic E-state index is 12.8. The lowest BCUT2D eigenvalue weighted by atomic mass is 10.2. The average molecular weight is 349 g/mol. The van der Waals surface area contributed by atoms with Gasteiger partial charge in [-0.1, -0.05) is 12.1 Å². The summed E-state index contributed by atoms with van der Waals surface area (Å²) in [5.41, 5.74) is 0.940. The number of hydrogen-bond donors (Lipinski definition) is 1. The lowest BCUT2D eigenvalue weighted by Crippen LogP contribution is -2.44. The SMILES string of the molecule is O=C(O)C1(I)CCCN1Cc1ccc(F)cc1. The van der Waals surface area contributed by atoms with Crippen molar-refractivity contribution in [1.82, 2.24) is 4.90 Å². The lowest BCUT2D eigenvalue weighted by molar-refractivity contribution is -0.143. The number of nitrogens with zero attached hydrogens (tertiary/aromatic N) is 1. The van der Waals surface area contributed by atoms with Crippen molar-refractivity contribution in [3.05, 3.63) is 35.6 Å². The fourth-order valence-electron chi connectivity index (χ4n) is 2.10. The summed E-state index contributed by atoms with van der Waals surface area (Å²) in [5.74, 6) is -1.06. The molecule has 1 saturated heterocycles. The van der Waals surface area contributed by atoms with Gasteiger partial charge >= 0.3 is 5.97 Å². The van der Waals surface area contributed by atoms with Crippen molar-refractivity contribution in [2.75, 3.05) is 6.54 Å². The first kappa shape index (κ1) is 12.8. The number of rotatable bonds is 3. The first-order chi connectivity index (χ1) is 8.02. The third kappa shape index (κ3) is 2.60. The molecule has 1 heterocycles. The fourth-order valence-corrected chi connectivity index (χ4v) is 2.89. The number of hydrogen-bond acceptors (Lipinski definition) is 2. The van der Waals surface area contributed by atoms with Crippen LogP contribution in [0.15, 0.2) is 24.3 Å². The van der Waals surface area contributed by atoms with Gasteiger partial charge in [-0.05, 0) is 53.1 Å². The highest BCUT2D eigenvalue weighted by Gasteiger charge is 2.45. The van der Waals surface area contributed by atoms with Crippen LogP contribution >= 0.6 is 22.6 Å². The summed E-state index contributed by atoms with van der Waals surface area (Å²) in [6, 6.07) is 6.21. The molecule has 0 aromatic heterocycles. The minimum Gasteiger partial charge on any atom is -0.479 e. The number of carboxylic acids is 1. The van der Waals surface area contributed by atoms with Gasteiger partial charge in [-0.3, -0.25) is 4.90 Å². The average Bonchev–Trinajstić information content (AvgIpc) is 2.65. The minimum atomic E-state index is -0.813. The summed E-state index contributed by atoms with van der Waals surface area (Å²) >= 11 is 2.00. The van der Waals surface area contributed by atoms with Gasteiger partial charge in [0.2, 0.25) is 0 Å². The maximum absolute atomic E-state index is 12.8. The van der Waals surface area contributed by atoms with Crippen LogP contribution in [0.1, 0.15) is 18.4 Å². The zero-order valence-electron chi connectivity index (χ0n) is 9.20. The highest BCUT2D eigenvalue weighted by molar-refractivity contribution is 14.1. The minimum absolute atomic E-state index is 0.269. The summed E-state index contributed by atoms with van der Waals surface area (Å²) in [4.78, 5) is 13.2. The summed E-state index contributed by atoms with van der Waals surface area (Å²) in [6.07, 6.45) is 1.54. The van der Waals surface area contributed by atoms with Crippen LogP contribution < -0.4 is 0 Å². The van der Waals surface area contributed by atoms with Gasteiger partial charge in [0.05, 0.1) is 0 Å². The molecule has 0 spiro atoms. The van der Waals surface area contributed by atoms with Crippen molar-refractivity contribution < 1.29 is 14.3 Å². The maximum Gasteiger partial charge on any atom is 0.334 e. The molecule has 5 heteroatoms. The molecule has 1 aliphatic heterocycles. The molecule has 1 aromatic rings. The monoisotopic (exact) mass is 349 g/mol.